The van der Waals surface area contributed by atoms with Gasteiger partial charge in [-0.2, -0.15) is 0 Å². The second kappa shape index (κ2) is 34.0. The van der Waals surface area contributed by atoms with Crippen molar-refractivity contribution >= 4 is 112 Å². The number of phenols is 2. The number of unbranched alkanes of at least 4 members (excludes halogenated alkanes) is 13. The van der Waals surface area contributed by atoms with Crippen molar-refractivity contribution in [1.29, 1.82) is 0 Å². The van der Waals surface area contributed by atoms with E-state index in [1.807, 2.05) is 20.8 Å². The number of carbonyl (C=O) groups excluding carboxylic acids is 1. The molecule has 0 saturated heterocycles. The molecule has 1 amide bonds. The van der Waals surface area contributed by atoms with E-state index in [9.17, 15) is 67.2 Å². The number of fused-ring (bicyclic) bond motifs is 1. The number of non-ortho nitro benzene ring substituents is 1. The second-order valence-corrected chi connectivity index (χ2v) is 33.5. The Hall–Kier alpha value is -8.62. The van der Waals surface area contributed by atoms with Crippen LogP contribution < -0.4 is 33.3 Å². The van der Waals surface area contributed by atoms with Crippen molar-refractivity contribution in [1.82, 2.24) is 0 Å². The van der Waals surface area contributed by atoms with E-state index in [1.165, 1.54) is 143 Å². The number of nitrogens with zero attached hydrogens (tertiary/aromatic N) is 4. The predicted molar refractivity (Wildman–Crippen MR) is 384 cm³/mol. The number of amides is 1. The molecule has 6 N–H and O–H groups in total. The molecular formula is C68H86N8O18S5. The van der Waals surface area contributed by atoms with Gasteiger partial charge in [-0.1, -0.05) is 129 Å². The molecular weight excluding hydrogens is 1380 g/mol. The zero-order valence-corrected chi connectivity index (χ0v) is 60.6. The number of nitro benzene ring substituents is 1. The van der Waals surface area contributed by atoms with Crippen LogP contribution in [0.1, 0.15) is 140 Å². The molecule has 0 heterocycles. The number of nitrogens with one attached hydrogen (secondary N) is 4. The molecule has 0 spiro atoms. The Kier molecular flexibility index (Phi) is 26.7. The molecule has 7 aromatic rings. The van der Waals surface area contributed by atoms with Crippen LogP contribution in [0.15, 0.2) is 151 Å². The standard InChI is InChI=1S/C68H86N8O18S5/c1-9-11-12-13-14-15-16-17-18-19-20-21-22-23-38-93-62-46-60(77)58(45-55(62)68(3,4)5)74-99(90,91)64-41-48(32-37-61(64)94-40-39-92-6)72-97(86,87)51-26-24-27-52(43-51)98(88,89)73-57-29-25-28-53-65(57)59(70-69-56-36-35-50(76(80)81)42-63(56)95(7,82)83)44-54(66(53)78)67(79)75(10-2)49-33-30-47(31-34-49)71-96(8,84)85/h24-37,41-46,71-74,77-78H,9-23,38-40H2,1-8H3. The van der Waals surface area contributed by atoms with E-state index in [0.717, 1.165) is 92.8 Å². The molecule has 0 radical (unpaired) electrons. The fourth-order valence-electron chi connectivity index (χ4n) is 10.8. The minimum Gasteiger partial charge on any atom is -0.506 e. The van der Waals surface area contributed by atoms with Crippen LogP contribution in [-0.4, -0.2) is 109 Å². The van der Waals surface area contributed by atoms with Gasteiger partial charge >= 0.3 is 0 Å². The van der Waals surface area contributed by atoms with E-state index in [1.54, 1.807) is 6.92 Å². The fraction of sp³-hybridized carbons (Fsp3) is 0.397. The Morgan fingerprint density at radius 2 is 1.13 bits per heavy atom. The van der Waals surface area contributed by atoms with Crippen molar-refractivity contribution < 1.29 is 76.2 Å². The Morgan fingerprint density at radius 1 is 0.566 bits per heavy atom. The molecule has 0 fully saturated rings. The summed E-state index contributed by atoms with van der Waals surface area (Å²) >= 11 is 0. The number of azo groups is 1. The number of carbonyl (C=O) groups is 1. The van der Waals surface area contributed by atoms with Crippen LogP contribution in [0, 0.1) is 10.1 Å². The lowest BCUT2D eigenvalue weighted by Gasteiger charge is -2.25. The van der Waals surface area contributed by atoms with Crippen molar-refractivity contribution in [3.05, 3.63) is 143 Å². The number of methoxy groups -OCH3 is 1. The maximum atomic E-state index is 14.6. The first-order valence-corrected chi connectivity index (χ1v) is 40.4. The van der Waals surface area contributed by atoms with Crippen LogP contribution in [0.2, 0.25) is 0 Å². The summed E-state index contributed by atoms with van der Waals surface area (Å²) in [5.41, 5.74) is -2.26. The molecule has 0 aliphatic carbocycles. The lowest BCUT2D eigenvalue weighted by Crippen LogP contribution is -2.30. The van der Waals surface area contributed by atoms with Crippen LogP contribution >= 0.6 is 0 Å². The number of anilines is 5. The summed E-state index contributed by atoms with van der Waals surface area (Å²) in [6.45, 7) is 9.82. The normalized spacial score (nSPS) is 12.4. The van der Waals surface area contributed by atoms with Gasteiger partial charge in [-0.3, -0.25) is 33.8 Å². The zero-order chi connectivity index (χ0) is 72.5. The highest BCUT2D eigenvalue weighted by molar-refractivity contribution is 7.94. The van der Waals surface area contributed by atoms with Gasteiger partial charge in [-0.05, 0) is 104 Å². The number of hydrogen-bond donors (Lipinski definition) is 6. The Morgan fingerprint density at radius 3 is 1.71 bits per heavy atom. The molecule has 0 aliphatic heterocycles. The molecule has 31 heteroatoms. The second-order valence-electron chi connectivity index (χ2n) is 24.7. The van der Waals surface area contributed by atoms with Gasteiger partial charge in [0.1, 0.15) is 45.1 Å². The van der Waals surface area contributed by atoms with E-state index in [0.29, 0.717) is 17.9 Å². The van der Waals surface area contributed by atoms with E-state index >= 15 is 0 Å². The first-order chi connectivity index (χ1) is 46.7. The third kappa shape index (κ3) is 21.4. The largest absolute Gasteiger partial charge is 0.506 e. The number of sulfone groups is 1. The summed E-state index contributed by atoms with van der Waals surface area (Å²) in [5.74, 6) is -1.85. The summed E-state index contributed by atoms with van der Waals surface area (Å²) in [7, 11) is -21.0. The van der Waals surface area contributed by atoms with Crippen molar-refractivity contribution in [2.45, 2.75) is 150 Å². The Bertz CT molecular complexity index is 4670. The predicted octanol–water partition coefficient (Wildman–Crippen LogP) is 14.6. The smallest absolute Gasteiger partial charge is 0.270 e. The average molecular weight is 1460 g/mol. The number of rotatable bonds is 38. The number of benzene rings is 7. The van der Waals surface area contributed by atoms with Gasteiger partial charge in [0.15, 0.2) is 9.84 Å². The first-order valence-electron chi connectivity index (χ1n) is 32.2. The molecule has 26 nitrogen and oxygen atoms in total. The van der Waals surface area contributed by atoms with Crippen molar-refractivity contribution in [3.8, 4) is 23.0 Å². The summed E-state index contributed by atoms with van der Waals surface area (Å²) in [4.78, 5) is 24.2. The van der Waals surface area contributed by atoms with Gasteiger partial charge in [0.25, 0.3) is 41.7 Å². The van der Waals surface area contributed by atoms with E-state index in [-0.39, 0.29) is 70.4 Å². The maximum absolute atomic E-state index is 14.6. The highest BCUT2D eigenvalue weighted by Crippen LogP contribution is 2.45. The number of aromatic hydroxyl groups is 2. The van der Waals surface area contributed by atoms with Crippen LogP contribution in [0.5, 0.6) is 23.0 Å². The third-order valence-corrected chi connectivity index (χ3v) is 21.7. The Labute approximate surface area is 579 Å². The lowest BCUT2D eigenvalue weighted by atomic mass is 9.86. The van der Waals surface area contributed by atoms with Gasteiger partial charge in [-0.25, -0.2) is 42.1 Å². The SMILES string of the molecule is CCCCCCCCCCCCCCCCOc1cc(O)c(NS(=O)(=O)c2cc(NS(=O)(=O)c3cccc(S(=O)(=O)Nc4cccc5c(O)c(C(=O)N(CC)c6ccc(NS(C)(=O)=O)cc6)cc(N=Nc6ccc([N+](=O)[O-])cc6S(C)(=O)=O)c45)c3)ccc2OCCOC)cc1C(C)(C)C. The topological polar surface area (TPSA) is 375 Å². The van der Waals surface area contributed by atoms with Gasteiger partial charge in [0.05, 0.1) is 62.5 Å². The molecule has 536 valence electrons. The first kappa shape index (κ1) is 77.7. The number of phenolic OH excluding ortho intramolecular Hbond substituents is 2. The summed E-state index contributed by atoms with van der Waals surface area (Å²) < 4.78 is 163. The van der Waals surface area contributed by atoms with E-state index in [4.69, 9.17) is 14.2 Å². The van der Waals surface area contributed by atoms with Gasteiger partial charge in [0.2, 0.25) is 10.0 Å². The van der Waals surface area contributed by atoms with E-state index in [2.05, 4.69) is 36.0 Å². The molecule has 0 aliphatic rings. The number of nitro groups is 1. The molecule has 0 atom stereocenters. The molecule has 0 bridgehead atoms. The molecule has 99 heavy (non-hydrogen) atoms. The van der Waals surface area contributed by atoms with Crippen LogP contribution in [0.4, 0.5) is 45.5 Å². The van der Waals surface area contributed by atoms with Gasteiger partial charge < -0.3 is 29.3 Å². The number of hydrogen-bond acceptors (Lipinski definition) is 20. The van der Waals surface area contributed by atoms with E-state index < -0.39 is 114 Å². The zero-order valence-electron chi connectivity index (χ0n) is 56.5. The number of sulfonamides is 4. The number of ether oxygens (including phenoxy) is 3. The summed E-state index contributed by atoms with van der Waals surface area (Å²) in [6, 6.07) is 23.6. The monoisotopic (exact) mass is 1460 g/mol. The van der Waals surface area contributed by atoms with Gasteiger partial charge in [0, 0.05) is 65.8 Å². The highest BCUT2D eigenvalue weighted by atomic mass is 32.2. The quantitative estimate of drug-likeness (QED) is 0.00688. The maximum Gasteiger partial charge on any atom is 0.270 e. The van der Waals surface area contributed by atoms with Gasteiger partial charge in [-0.15, -0.1) is 10.2 Å². The molecule has 0 unspecified atom stereocenters. The minimum absolute atomic E-state index is 0.0236. The third-order valence-electron chi connectivity index (χ3n) is 15.8. The van der Waals surface area contributed by atoms with Crippen molar-refractivity contribution in [2.75, 3.05) is 69.8 Å². The van der Waals surface area contributed by atoms with Crippen LogP contribution in [0.25, 0.3) is 10.8 Å². The molecule has 0 aromatic heterocycles. The average Bonchev–Trinajstić information content (AvgIpc) is 0.768. The molecule has 0 saturated carbocycles. The summed E-state index contributed by atoms with van der Waals surface area (Å²) in [5, 5.41) is 43.0. The van der Waals surface area contributed by atoms with Crippen molar-refractivity contribution in [2.24, 2.45) is 10.2 Å². The minimum atomic E-state index is -4.90. The van der Waals surface area contributed by atoms with Crippen LogP contribution in [-0.2, 0) is 60.1 Å². The van der Waals surface area contributed by atoms with Crippen molar-refractivity contribution in [3.63, 3.8) is 0 Å². The lowest BCUT2D eigenvalue weighted by molar-refractivity contribution is -0.385. The fourth-order valence-corrected chi connectivity index (χ4v) is 15.7. The molecule has 7 rings (SSSR count). The Balaban J connectivity index is 1.15. The van der Waals surface area contributed by atoms with Crippen LogP contribution in [0.3, 0.4) is 0 Å². The summed E-state index contributed by atoms with van der Waals surface area (Å²) in [6.07, 6.45) is 18.5. The molecule has 7 aromatic carbocycles. The highest BCUT2D eigenvalue weighted by Gasteiger charge is 2.30.